The molecule has 1 atom stereocenters. The van der Waals surface area contributed by atoms with Crippen LogP contribution in [0.25, 0.3) is 0 Å². The van der Waals surface area contributed by atoms with Gasteiger partial charge in [-0.2, -0.15) is 0 Å². The number of halogens is 1. The maximum Gasteiger partial charge on any atom is 0.225 e. The standard InChI is InChI=1S/C18H30N4O3.HI/c1-5-19-17(20-13-18(4,24)15-7-6-12-25-15)22-10-8-21(9-11-22)16(23)14(2)3;/h6-7,12,14,24H,5,8-11,13H2,1-4H3,(H,19,20);1H. The Morgan fingerprint density at radius 1 is 1.35 bits per heavy atom. The molecule has 8 heteroatoms. The lowest BCUT2D eigenvalue weighted by Crippen LogP contribution is -2.54. The number of amides is 1. The van der Waals surface area contributed by atoms with Gasteiger partial charge >= 0.3 is 0 Å². The minimum Gasteiger partial charge on any atom is -0.466 e. The van der Waals surface area contributed by atoms with Crippen molar-refractivity contribution in [1.82, 2.24) is 15.1 Å². The molecule has 0 saturated carbocycles. The molecular weight excluding hydrogens is 447 g/mol. The normalized spacial score (nSPS) is 17.7. The predicted molar refractivity (Wildman–Crippen MR) is 113 cm³/mol. The van der Waals surface area contributed by atoms with Crippen molar-refractivity contribution in [2.24, 2.45) is 10.9 Å². The van der Waals surface area contributed by atoms with Gasteiger partial charge in [-0.1, -0.05) is 13.8 Å². The number of hydrogen-bond donors (Lipinski definition) is 2. The summed E-state index contributed by atoms with van der Waals surface area (Å²) in [5.41, 5.74) is -1.15. The van der Waals surface area contributed by atoms with Gasteiger partial charge in [0.15, 0.2) is 5.96 Å². The van der Waals surface area contributed by atoms with Crippen molar-refractivity contribution in [2.75, 3.05) is 39.3 Å². The SMILES string of the molecule is CCNC(=NCC(C)(O)c1ccco1)N1CCN(C(=O)C(C)C)CC1.I. The zero-order valence-corrected chi connectivity index (χ0v) is 18.4. The molecule has 0 bridgehead atoms. The molecule has 1 saturated heterocycles. The smallest absolute Gasteiger partial charge is 0.225 e. The maximum absolute atomic E-state index is 12.1. The quantitative estimate of drug-likeness (QED) is 0.384. The van der Waals surface area contributed by atoms with E-state index in [0.717, 1.165) is 25.6 Å². The second kappa shape index (κ2) is 10.1. The van der Waals surface area contributed by atoms with Gasteiger partial charge in [-0.15, -0.1) is 24.0 Å². The molecular formula is C18H31IN4O3. The summed E-state index contributed by atoms with van der Waals surface area (Å²) in [6.45, 7) is 11.3. The second-order valence-electron chi connectivity index (χ2n) is 6.89. The van der Waals surface area contributed by atoms with Gasteiger partial charge < -0.3 is 24.6 Å². The predicted octanol–water partition coefficient (Wildman–Crippen LogP) is 1.87. The van der Waals surface area contributed by atoms with Crippen LogP contribution < -0.4 is 5.32 Å². The monoisotopic (exact) mass is 478 g/mol. The van der Waals surface area contributed by atoms with Gasteiger partial charge in [-0.3, -0.25) is 4.79 Å². The number of nitrogens with one attached hydrogen (secondary N) is 1. The molecule has 1 fully saturated rings. The van der Waals surface area contributed by atoms with Crippen molar-refractivity contribution in [3.05, 3.63) is 24.2 Å². The van der Waals surface area contributed by atoms with Crippen LogP contribution in [0.4, 0.5) is 0 Å². The molecule has 0 aromatic carbocycles. The van der Waals surface area contributed by atoms with Crippen LogP contribution in [0.2, 0.25) is 0 Å². The highest BCUT2D eigenvalue weighted by Gasteiger charge is 2.28. The average molecular weight is 478 g/mol. The van der Waals surface area contributed by atoms with Crippen LogP contribution in [0.1, 0.15) is 33.5 Å². The van der Waals surface area contributed by atoms with Crippen LogP contribution in [0.15, 0.2) is 27.8 Å². The molecule has 0 spiro atoms. The Morgan fingerprint density at radius 2 is 1.96 bits per heavy atom. The molecule has 2 heterocycles. The van der Waals surface area contributed by atoms with E-state index in [1.54, 1.807) is 25.3 Å². The molecule has 0 radical (unpaired) electrons. The first kappa shape index (κ1) is 22.8. The maximum atomic E-state index is 12.1. The zero-order chi connectivity index (χ0) is 18.4. The Hall–Kier alpha value is -1.29. The number of hydrogen-bond acceptors (Lipinski definition) is 4. The molecule has 1 aliphatic heterocycles. The summed E-state index contributed by atoms with van der Waals surface area (Å²) in [7, 11) is 0. The third-order valence-electron chi connectivity index (χ3n) is 4.31. The van der Waals surface area contributed by atoms with Gasteiger partial charge in [0.1, 0.15) is 11.4 Å². The fraction of sp³-hybridized carbons (Fsp3) is 0.667. The van der Waals surface area contributed by atoms with Crippen molar-refractivity contribution in [3.8, 4) is 0 Å². The van der Waals surface area contributed by atoms with Gasteiger partial charge in [-0.05, 0) is 26.0 Å². The fourth-order valence-electron chi connectivity index (χ4n) is 2.82. The molecule has 1 amide bonds. The van der Waals surface area contributed by atoms with Gasteiger partial charge in [0.05, 0.1) is 12.8 Å². The number of carbonyl (C=O) groups excluding carboxylic acids is 1. The highest BCUT2D eigenvalue weighted by molar-refractivity contribution is 14.0. The molecule has 1 aromatic rings. The summed E-state index contributed by atoms with van der Waals surface area (Å²) < 4.78 is 5.30. The number of guanidine groups is 1. The lowest BCUT2D eigenvalue weighted by Gasteiger charge is -2.37. The van der Waals surface area contributed by atoms with E-state index in [-0.39, 0.29) is 42.3 Å². The molecule has 148 valence electrons. The summed E-state index contributed by atoms with van der Waals surface area (Å²) in [6, 6.07) is 3.50. The largest absolute Gasteiger partial charge is 0.466 e. The molecule has 1 unspecified atom stereocenters. The Balaban J connectivity index is 0.00000338. The summed E-state index contributed by atoms with van der Waals surface area (Å²) in [4.78, 5) is 20.7. The van der Waals surface area contributed by atoms with Crippen molar-refractivity contribution >= 4 is 35.8 Å². The summed E-state index contributed by atoms with van der Waals surface area (Å²) in [6.07, 6.45) is 1.55. The summed E-state index contributed by atoms with van der Waals surface area (Å²) >= 11 is 0. The molecule has 2 N–H and O–H groups in total. The molecule has 1 aliphatic rings. The van der Waals surface area contributed by atoms with E-state index in [1.807, 2.05) is 25.7 Å². The highest BCUT2D eigenvalue weighted by atomic mass is 127. The van der Waals surface area contributed by atoms with E-state index in [1.165, 1.54) is 0 Å². The van der Waals surface area contributed by atoms with Gasteiger partial charge in [-0.25, -0.2) is 4.99 Å². The first-order valence-electron chi connectivity index (χ1n) is 8.93. The number of carbonyl (C=O) groups is 1. The van der Waals surface area contributed by atoms with Gasteiger partial charge in [0.25, 0.3) is 0 Å². The third kappa shape index (κ3) is 5.87. The summed E-state index contributed by atoms with van der Waals surface area (Å²) in [5.74, 6) is 1.48. The highest BCUT2D eigenvalue weighted by Crippen LogP contribution is 2.21. The van der Waals surface area contributed by atoms with Crippen molar-refractivity contribution in [2.45, 2.75) is 33.3 Å². The van der Waals surface area contributed by atoms with E-state index in [4.69, 9.17) is 4.42 Å². The zero-order valence-electron chi connectivity index (χ0n) is 16.1. The molecule has 0 aliphatic carbocycles. The number of rotatable bonds is 5. The molecule has 26 heavy (non-hydrogen) atoms. The van der Waals surface area contributed by atoms with E-state index < -0.39 is 5.60 Å². The summed E-state index contributed by atoms with van der Waals surface area (Å²) in [5, 5.41) is 13.8. The number of aliphatic imine (C=N–C) groups is 1. The van der Waals surface area contributed by atoms with Crippen LogP contribution in [0.5, 0.6) is 0 Å². The average Bonchev–Trinajstić information content (AvgIpc) is 3.13. The Kier molecular flexibility index (Phi) is 8.88. The number of nitrogens with zero attached hydrogens (tertiary/aromatic N) is 3. The number of piperazine rings is 1. The van der Waals surface area contributed by atoms with E-state index >= 15 is 0 Å². The van der Waals surface area contributed by atoms with Gasteiger partial charge in [0.2, 0.25) is 5.91 Å². The van der Waals surface area contributed by atoms with Crippen LogP contribution in [-0.4, -0.2) is 66.0 Å². The van der Waals surface area contributed by atoms with Crippen molar-refractivity contribution in [1.29, 1.82) is 0 Å². The van der Waals surface area contributed by atoms with E-state index in [9.17, 15) is 9.90 Å². The lowest BCUT2D eigenvalue weighted by molar-refractivity contribution is -0.135. The number of furan rings is 1. The third-order valence-corrected chi connectivity index (χ3v) is 4.31. The fourth-order valence-corrected chi connectivity index (χ4v) is 2.82. The van der Waals surface area contributed by atoms with E-state index in [0.29, 0.717) is 18.8 Å². The molecule has 1 aromatic heterocycles. The second-order valence-corrected chi connectivity index (χ2v) is 6.89. The van der Waals surface area contributed by atoms with Crippen LogP contribution in [0.3, 0.4) is 0 Å². The Morgan fingerprint density at radius 3 is 2.46 bits per heavy atom. The molecule has 2 rings (SSSR count). The van der Waals surface area contributed by atoms with Crippen LogP contribution in [0, 0.1) is 5.92 Å². The minimum atomic E-state index is -1.15. The minimum absolute atomic E-state index is 0. The van der Waals surface area contributed by atoms with Crippen molar-refractivity contribution in [3.63, 3.8) is 0 Å². The van der Waals surface area contributed by atoms with Crippen molar-refractivity contribution < 1.29 is 14.3 Å². The number of aliphatic hydroxyl groups is 1. The Bertz CT molecular complexity index is 579. The van der Waals surface area contributed by atoms with Crippen LogP contribution in [-0.2, 0) is 10.4 Å². The topological polar surface area (TPSA) is 81.3 Å². The lowest BCUT2D eigenvalue weighted by atomic mass is 10.0. The van der Waals surface area contributed by atoms with Crippen LogP contribution >= 0.6 is 24.0 Å². The first-order valence-corrected chi connectivity index (χ1v) is 8.93. The van der Waals surface area contributed by atoms with E-state index in [2.05, 4.69) is 15.2 Å². The first-order chi connectivity index (χ1) is 11.8. The van der Waals surface area contributed by atoms with Gasteiger partial charge in [0, 0.05) is 38.6 Å². The molecule has 7 nitrogen and oxygen atoms in total. The Labute approximate surface area is 172 Å².